The number of hydrogen-bond donors (Lipinski definition) is 1. The van der Waals surface area contributed by atoms with E-state index in [1.807, 2.05) is 0 Å². The molecule has 0 aromatic heterocycles. The molecule has 0 unspecified atom stereocenters. The third-order valence-corrected chi connectivity index (χ3v) is 3.69. The molecule has 1 N–H and O–H groups in total. The Bertz CT molecular complexity index is 792. The zero-order chi connectivity index (χ0) is 19.2. The van der Waals surface area contributed by atoms with E-state index >= 15 is 0 Å². The van der Waals surface area contributed by atoms with E-state index in [-0.39, 0.29) is 27.8 Å². The molecule has 26 heavy (non-hydrogen) atoms. The van der Waals surface area contributed by atoms with Crippen molar-refractivity contribution in [1.82, 2.24) is 5.32 Å². The molecule has 9 heteroatoms. The highest BCUT2D eigenvalue weighted by atomic mass is 32.2. The maximum absolute atomic E-state index is 12.2. The molecule has 0 aliphatic rings. The normalized spacial score (nSPS) is 10.9. The summed E-state index contributed by atoms with van der Waals surface area (Å²) in [5, 5.41) is 2.05. The highest BCUT2D eigenvalue weighted by molar-refractivity contribution is 8.00. The Labute approximate surface area is 150 Å². The summed E-state index contributed by atoms with van der Waals surface area (Å²) in [5.74, 6) is -2.35. The Morgan fingerprint density at radius 1 is 0.923 bits per heavy atom. The molecule has 5 nitrogen and oxygen atoms in total. The van der Waals surface area contributed by atoms with Crippen LogP contribution in [0.4, 0.5) is 13.2 Å². The topological polar surface area (TPSA) is 72.5 Å². The van der Waals surface area contributed by atoms with Gasteiger partial charge in [0.05, 0.1) is 5.56 Å². The molecule has 2 amide bonds. The standard InChI is InChI=1S/C17H12F3NO4S/c18-17(19,20)26-13-8-6-12(7-9-13)16(24)25-10-14(22)21-15(23)11-4-2-1-3-5-11/h1-9H,10H2,(H,21,22,23). The van der Waals surface area contributed by atoms with Crippen LogP contribution in [0.15, 0.2) is 59.5 Å². The fraction of sp³-hybridized carbons (Fsp3) is 0.118. The van der Waals surface area contributed by atoms with Gasteiger partial charge in [0, 0.05) is 10.5 Å². The zero-order valence-electron chi connectivity index (χ0n) is 13.1. The number of esters is 1. The molecule has 136 valence electrons. The van der Waals surface area contributed by atoms with Crippen molar-refractivity contribution in [3.05, 3.63) is 65.7 Å². The van der Waals surface area contributed by atoms with Crippen LogP contribution >= 0.6 is 11.8 Å². The molecular formula is C17H12F3NO4S. The summed E-state index contributed by atoms with van der Waals surface area (Å²) in [7, 11) is 0. The van der Waals surface area contributed by atoms with Gasteiger partial charge in [0.15, 0.2) is 6.61 Å². The monoisotopic (exact) mass is 383 g/mol. The van der Waals surface area contributed by atoms with E-state index in [1.54, 1.807) is 18.2 Å². The number of carbonyl (C=O) groups is 3. The first-order valence-corrected chi connectivity index (χ1v) is 7.98. The number of nitrogens with one attached hydrogen (secondary N) is 1. The van der Waals surface area contributed by atoms with Crippen molar-refractivity contribution >= 4 is 29.5 Å². The van der Waals surface area contributed by atoms with Crippen molar-refractivity contribution in [2.24, 2.45) is 0 Å². The van der Waals surface area contributed by atoms with Gasteiger partial charge in [0.25, 0.3) is 11.8 Å². The highest BCUT2D eigenvalue weighted by Gasteiger charge is 2.29. The quantitative estimate of drug-likeness (QED) is 0.633. The Morgan fingerprint density at radius 3 is 2.12 bits per heavy atom. The second-order valence-corrected chi connectivity index (χ2v) is 6.03. The van der Waals surface area contributed by atoms with Crippen molar-refractivity contribution in [2.45, 2.75) is 10.4 Å². The van der Waals surface area contributed by atoms with Gasteiger partial charge < -0.3 is 4.74 Å². The fourth-order valence-corrected chi connectivity index (χ4v) is 2.37. The first-order chi connectivity index (χ1) is 12.2. The third kappa shape index (κ3) is 6.25. The molecule has 0 heterocycles. The van der Waals surface area contributed by atoms with Crippen LogP contribution in [0.1, 0.15) is 20.7 Å². The van der Waals surface area contributed by atoms with E-state index in [4.69, 9.17) is 4.74 Å². The number of amides is 2. The van der Waals surface area contributed by atoms with Crippen LogP contribution < -0.4 is 5.32 Å². The van der Waals surface area contributed by atoms with E-state index in [0.717, 1.165) is 24.3 Å². The van der Waals surface area contributed by atoms with Gasteiger partial charge in [-0.2, -0.15) is 13.2 Å². The molecular weight excluding hydrogens is 371 g/mol. The number of alkyl halides is 3. The molecule has 0 aliphatic carbocycles. The predicted octanol–water partition coefficient (Wildman–Crippen LogP) is 3.41. The Morgan fingerprint density at radius 2 is 1.54 bits per heavy atom. The molecule has 0 fully saturated rings. The van der Waals surface area contributed by atoms with Gasteiger partial charge in [-0.1, -0.05) is 18.2 Å². The number of rotatable bonds is 5. The molecule has 0 saturated carbocycles. The Hall–Kier alpha value is -2.81. The first-order valence-electron chi connectivity index (χ1n) is 7.17. The Kier molecular flexibility index (Phi) is 6.40. The molecule has 2 rings (SSSR count). The van der Waals surface area contributed by atoms with Gasteiger partial charge in [-0.15, -0.1) is 0 Å². The number of benzene rings is 2. The average Bonchev–Trinajstić information content (AvgIpc) is 2.59. The second-order valence-electron chi connectivity index (χ2n) is 4.89. The van der Waals surface area contributed by atoms with Crippen LogP contribution in [0.3, 0.4) is 0 Å². The minimum atomic E-state index is -4.43. The van der Waals surface area contributed by atoms with Gasteiger partial charge in [0.1, 0.15) is 0 Å². The number of ether oxygens (including phenoxy) is 1. The molecule has 0 aliphatic heterocycles. The average molecular weight is 383 g/mol. The second kappa shape index (κ2) is 8.52. The van der Waals surface area contributed by atoms with Crippen LogP contribution in [-0.2, 0) is 9.53 Å². The van der Waals surface area contributed by atoms with Gasteiger partial charge >= 0.3 is 11.5 Å². The summed E-state index contributed by atoms with van der Waals surface area (Å²) in [6.07, 6.45) is 0. The van der Waals surface area contributed by atoms with Crippen LogP contribution in [0.25, 0.3) is 0 Å². The summed E-state index contributed by atoms with van der Waals surface area (Å²) in [6.45, 7) is -0.698. The van der Waals surface area contributed by atoms with Crippen LogP contribution in [0.5, 0.6) is 0 Å². The molecule has 2 aromatic carbocycles. The third-order valence-electron chi connectivity index (χ3n) is 2.95. The number of thioether (sulfide) groups is 1. The lowest BCUT2D eigenvalue weighted by molar-refractivity contribution is -0.123. The largest absolute Gasteiger partial charge is 0.452 e. The Balaban J connectivity index is 1.84. The van der Waals surface area contributed by atoms with Crippen LogP contribution in [0, 0.1) is 0 Å². The summed E-state index contributed by atoms with van der Waals surface area (Å²) >= 11 is -0.310. The summed E-state index contributed by atoms with van der Waals surface area (Å²) < 4.78 is 41.4. The maximum Gasteiger partial charge on any atom is 0.446 e. The van der Waals surface area contributed by atoms with E-state index in [0.29, 0.717) is 0 Å². The van der Waals surface area contributed by atoms with Gasteiger partial charge in [-0.3, -0.25) is 14.9 Å². The van der Waals surface area contributed by atoms with Crippen LogP contribution in [-0.4, -0.2) is 29.9 Å². The molecule has 2 aromatic rings. The lowest BCUT2D eigenvalue weighted by Crippen LogP contribution is -2.34. The highest BCUT2D eigenvalue weighted by Crippen LogP contribution is 2.36. The minimum absolute atomic E-state index is 0.0151. The van der Waals surface area contributed by atoms with Crippen molar-refractivity contribution in [1.29, 1.82) is 0 Å². The number of hydrogen-bond acceptors (Lipinski definition) is 5. The lowest BCUT2D eigenvalue weighted by Gasteiger charge is -2.07. The van der Waals surface area contributed by atoms with Crippen molar-refractivity contribution in [3.8, 4) is 0 Å². The number of halogens is 3. The summed E-state index contributed by atoms with van der Waals surface area (Å²) in [4.78, 5) is 35.1. The molecule has 0 radical (unpaired) electrons. The summed E-state index contributed by atoms with van der Waals surface area (Å²) in [5.41, 5.74) is -4.17. The smallest absolute Gasteiger partial charge is 0.446 e. The number of imide groups is 1. The summed E-state index contributed by atoms with van der Waals surface area (Å²) in [6, 6.07) is 12.5. The lowest BCUT2D eigenvalue weighted by atomic mass is 10.2. The van der Waals surface area contributed by atoms with Crippen molar-refractivity contribution in [2.75, 3.05) is 6.61 Å². The van der Waals surface area contributed by atoms with Gasteiger partial charge in [0.2, 0.25) is 0 Å². The van der Waals surface area contributed by atoms with Crippen molar-refractivity contribution < 1.29 is 32.3 Å². The van der Waals surface area contributed by atoms with E-state index in [1.165, 1.54) is 12.1 Å². The molecule has 0 atom stereocenters. The molecule has 0 saturated heterocycles. The first kappa shape index (κ1) is 19.5. The van der Waals surface area contributed by atoms with E-state index < -0.39 is 29.9 Å². The van der Waals surface area contributed by atoms with Crippen molar-refractivity contribution in [3.63, 3.8) is 0 Å². The van der Waals surface area contributed by atoms with E-state index in [9.17, 15) is 27.6 Å². The number of carbonyl (C=O) groups excluding carboxylic acids is 3. The fourth-order valence-electron chi connectivity index (χ4n) is 1.83. The predicted molar refractivity (Wildman–Crippen MR) is 87.6 cm³/mol. The SMILES string of the molecule is O=C(COC(=O)c1ccc(SC(F)(F)F)cc1)NC(=O)c1ccccc1. The van der Waals surface area contributed by atoms with E-state index in [2.05, 4.69) is 5.32 Å². The minimum Gasteiger partial charge on any atom is -0.452 e. The van der Waals surface area contributed by atoms with Gasteiger partial charge in [-0.25, -0.2) is 4.79 Å². The zero-order valence-corrected chi connectivity index (χ0v) is 13.9. The molecule has 0 bridgehead atoms. The maximum atomic E-state index is 12.2. The van der Waals surface area contributed by atoms with Gasteiger partial charge in [-0.05, 0) is 48.2 Å². The van der Waals surface area contributed by atoms with Crippen LogP contribution in [0.2, 0.25) is 0 Å². The molecule has 0 spiro atoms.